The average molecular weight is 388 g/mol. The van der Waals surface area contributed by atoms with Gasteiger partial charge >= 0.3 is 0 Å². The van der Waals surface area contributed by atoms with Crippen LogP contribution in [0.3, 0.4) is 0 Å². The quantitative estimate of drug-likeness (QED) is 0.403. The molecule has 0 aliphatic carbocycles. The Bertz CT molecular complexity index is 1110. The van der Waals surface area contributed by atoms with Crippen LogP contribution in [0, 0.1) is 13.8 Å². The van der Waals surface area contributed by atoms with Gasteiger partial charge in [0.2, 0.25) is 0 Å². The number of aromatic nitrogens is 2. The first-order valence-electron chi connectivity index (χ1n) is 9.02. The Balaban J connectivity index is 1.70. The Morgan fingerprint density at radius 3 is 2.71 bits per heavy atom. The van der Waals surface area contributed by atoms with Gasteiger partial charge in [-0.25, -0.2) is 4.98 Å². The minimum atomic E-state index is 0.502. The van der Waals surface area contributed by atoms with Crippen LogP contribution in [0.5, 0.6) is 5.75 Å². The van der Waals surface area contributed by atoms with E-state index in [9.17, 15) is 4.79 Å². The molecule has 0 unspecified atom stereocenters. The molecule has 2 aromatic carbocycles. The standard InChI is InChI=1S/C23H20N2O2S/c1-16-11-17(2)22(27-14-18-7-4-3-5-8-18)20(12-16)21-15-28-23(24-21)25-10-6-9-19(25)13-26/h3-13,15H,14H2,1-2H3. The largest absolute Gasteiger partial charge is 0.488 e. The van der Waals surface area contributed by atoms with Crippen LogP contribution in [0.15, 0.2) is 66.2 Å². The van der Waals surface area contributed by atoms with Gasteiger partial charge in [-0.2, -0.15) is 0 Å². The van der Waals surface area contributed by atoms with Crippen molar-refractivity contribution in [1.29, 1.82) is 0 Å². The highest BCUT2D eigenvalue weighted by Gasteiger charge is 2.15. The van der Waals surface area contributed by atoms with Crippen molar-refractivity contribution in [3.63, 3.8) is 0 Å². The second-order valence-electron chi connectivity index (χ2n) is 6.67. The van der Waals surface area contributed by atoms with Gasteiger partial charge in [0.05, 0.1) is 11.4 Å². The highest BCUT2D eigenvalue weighted by Crippen LogP contribution is 2.36. The molecule has 2 heterocycles. The predicted molar refractivity (Wildman–Crippen MR) is 113 cm³/mol. The lowest BCUT2D eigenvalue weighted by Gasteiger charge is -2.14. The molecule has 0 bridgehead atoms. The third kappa shape index (κ3) is 3.62. The van der Waals surface area contributed by atoms with Gasteiger partial charge in [0.25, 0.3) is 0 Å². The summed E-state index contributed by atoms with van der Waals surface area (Å²) in [6.45, 7) is 4.63. The number of hydrogen-bond donors (Lipinski definition) is 0. The summed E-state index contributed by atoms with van der Waals surface area (Å²) in [6, 6.07) is 18.0. The molecule has 28 heavy (non-hydrogen) atoms. The first kappa shape index (κ1) is 18.2. The van der Waals surface area contributed by atoms with Crippen molar-refractivity contribution in [2.45, 2.75) is 20.5 Å². The van der Waals surface area contributed by atoms with Crippen molar-refractivity contribution < 1.29 is 9.53 Å². The van der Waals surface area contributed by atoms with Crippen LogP contribution in [-0.4, -0.2) is 15.8 Å². The van der Waals surface area contributed by atoms with Crippen LogP contribution >= 0.6 is 11.3 Å². The Hall–Kier alpha value is -3.18. The molecular formula is C23H20N2O2S. The lowest BCUT2D eigenvalue weighted by atomic mass is 10.0. The summed E-state index contributed by atoms with van der Waals surface area (Å²) in [7, 11) is 0. The number of carbonyl (C=O) groups is 1. The zero-order chi connectivity index (χ0) is 19.5. The number of hydrogen-bond acceptors (Lipinski definition) is 4. The highest BCUT2D eigenvalue weighted by atomic mass is 32.1. The van der Waals surface area contributed by atoms with Gasteiger partial charge in [-0.05, 0) is 48.7 Å². The average Bonchev–Trinajstić information content (AvgIpc) is 3.36. The molecule has 0 saturated carbocycles. The van der Waals surface area contributed by atoms with Crippen LogP contribution < -0.4 is 4.74 Å². The molecule has 0 aliphatic heterocycles. The molecule has 2 aromatic heterocycles. The van der Waals surface area contributed by atoms with Gasteiger partial charge in [-0.3, -0.25) is 9.36 Å². The Kier molecular flexibility index (Phi) is 5.08. The summed E-state index contributed by atoms with van der Waals surface area (Å²) in [5.41, 5.74) is 5.76. The van der Waals surface area contributed by atoms with Crippen molar-refractivity contribution in [3.8, 4) is 22.1 Å². The van der Waals surface area contributed by atoms with E-state index >= 15 is 0 Å². The van der Waals surface area contributed by atoms with Crippen molar-refractivity contribution in [3.05, 3.63) is 88.6 Å². The number of benzene rings is 2. The maximum absolute atomic E-state index is 11.2. The summed E-state index contributed by atoms with van der Waals surface area (Å²) >= 11 is 1.50. The second kappa shape index (κ2) is 7.82. The Morgan fingerprint density at radius 2 is 1.93 bits per heavy atom. The molecular weight excluding hydrogens is 368 g/mol. The SMILES string of the molecule is Cc1cc(C)c(OCc2ccccc2)c(-c2csc(-n3cccc3C=O)n2)c1. The first-order valence-corrected chi connectivity index (χ1v) is 9.90. The fourth-order valence-electron chi connectivity index (χ4n) is 3.23. The lowest BCUT2D eigenvalue weighted by molar-refractivity contribution is 0.111. The molecule has 5 heteroatoms. The van der Waals surface area contributed by atoms with Crippen LogP contribution in [0.25, 0.3) is 16.4 Å². The Labute approximate surface area is 168 Å². The molecule has 0 amide bonds. The van der Waals surface area contributed by atoms with Crippen LogP contribution in [0.1, 0.15) is 27.2 Å². The van der Waals surface area contributed by atoms with Gasteiger partial charge < -0.3 is 4.74 Å². The van der Waals surface area contributed by atoms with E-state index in [1.54, 1.807) is 10.6 Å². The maximum atomic E-state index is 11.2. The van der Waals surface area contributed by atoms with Crippen molar-refractivity contribution in [2.24, 2.45) is 0 Å². The van der Waals surface area contributed by atoms with Crippen LogP contribution in [0.4, 0.5) is 0 Å². The number of ether oxygens (including phenoxy) is 1. The monoisotopic (exact) mass is 388 g/mol. The van der Waals surface area contributed by atoms with Gasteiger partial charge in [0.15, 0.2) is 11.4 Å². The van der Waals surface area contributed by atoms with E-state index in [0.717, 1.165) is 45.1 Å². The summed E-state index contributed by atoms with van der Waals surface area (Å²) < 4.78 is 8.01. The van der Waals surface area contributed by atoms with E-state index in [-0.39, 0.29) is 0 Å². The van der Waals surface area contributed by atoms with Crippen molar-refractivity contribution in [2.75, 3.05) is 0 Å². The third-order valence-corrected chi connectivity index (χ3v) is 5.36. The van der Waals surface area contributed by atoms with Gasteiger partial charge in [0, 0.05) is 17.1 Å². The zero-order valence-electron chi connectivity index (χ0n) is 15.8. The van der Waals surface area contributed by atoms with Crippen molar-refractivity contribution >= 4 is 17.6 Å². The van der Waals surface area contributed by atoms with E-state index in [1.165, 1.54) is 11.3 Å². The maximum Gasteiger partial charge on any atom is 0.194 e. The molecule has 0 atom stereocenters. The van der Waals surface area contributed by atoms with Crippen LogP contribution in [-0.2, 0) is 6.61 Å². The Morgan fingerprint density at radius 1 is 1.11 bits per heavy atom. The smallest absolute Gasteiger partial charge is 0.194 e. The molecule has 0 aliphatic rings. The predicted octanol–water partition coefficient (Wildman–Crippen LogP) is 5.61. The summed E-state index contributed by atoms with van der Waals surface area (Å²) in [5, 5.41) is 2.77. The summed E-state index contributed by atoms with van der Waals surface area (Å²) in [5.74, 6) is 0.842. The molecule has 4 aromatic rings. The summed E-state index contributed by atoms with van der Waals surface area (Å²) in [4.78, 5) is 16.0. The number of aryl methyl sites for hydroxylation is 2. The van der Waals surface area contributed by atoms with E-state index in [0.29, 0.717) is 12.3 Å². The van der Waals surface area contributed by atoms with Gasteiger partial charge in [0.1, 0.15) is 12.4 Å². The van der Waals surface area contributed by atoms with E-state index in [4.69, 9.17) is 9.72 Å². The second-order valence-corrected chi connectivity index (χ2v) is 7.51. The fourth-order valence-corrected chi connectivity index (χ4v) is 4.06. The molecule has 0 spiro atoms. The topological polar surface area (TPSA) is 44.1 Å². The van der Waals surface area contributed by atoms with E-state index < -0.39 is 0 Å². The highest BCUT2D eigenvalue weighted by molar-refractivity contribution is 7.12. The molecule has 0 radical (unpaired) electrons. The van der Waals surface area contributed by atoms with Crippen molar-refractivity contribution in [1.82, 2.24) is 9.55 Å². The van der Waals surface area contributed by atoms with Crippen LogP contribution in [0.2, 0.25) is 0 Å². The fraction of sp³-hybridized carbons (Fsp3) is 0.130. The molecule has 4 rings (SSSR count). The van der Waals surface area contributed by atoms with Gasteiger partial charge in [-0.1, -0.05) is 36.4 Å². The first-order chi connectivity index (χ1) is 13.7. The number of rotatable bonds is 6. The number of thiazole rings is 1. The summed E-state index contributed by atoms with van der Waals surface area (Å²) in [6.07, 6.45) is 2.69. The lowest BCUT2D eigenvalue weighted by Crippen LogP contribution is -2.00. The minimum absolute atomic E-state index is 0.502. The van der Waals surface area contributed by atoms with E-state index in [1.807, 2.05) is 35.8 Å². The molecule has 0 fully saturated rings. The zero-order valence-corrected chi connectivity index (χ0v) is 16.6. The number of nitrogens with zero attached hydrogens (tertiary/aromatic N) is 2. The molecule has 0 N–H and O–H groups in total. The number of aldehydes is 1. The molecule has 0 saturated heterocycles. The van der Waals surface area contributed by atoms with E-state index in [2.05, 4.69) is 38.1 Å². The van der Waals surface area contributed by atoms with Gasteiger partial charge in [-0.15, -0.1) is 11.3 Å². The molecule has 4 nitrogen and oxygen atoms in total. The minimum Gasteiger partial charge on any atom is -0.488 e. The number of carbonyl (C=O) groups excluding carboxylic acids is 1. The molecule has 140 valence electrons. The normalized spacial score (nSPS) is 10.8. The third-order valence-electron chi connectivity index (χ3n) is 4.52.